The van der Waals surface area contributed by atoms with Crippen molar-refractivity contribution in [2.45, 2.75) is 251 Å². The fraction of sp³-hybridized carbons (Fsp3) is 0.741. The lowest BCUT2D eigenvalue weighted by molar-refractivity contribution is -0.151. The molecular weight excluding hydrogens is 743 g/mol. The largest absolute Gasteiger partial charge is 0.462 e. The molecule has 3 atom stereocenters. The van der Waals surface area contributed by atoms with Crippen molar-refractivity contribution in [2.24, 2.45) is 0 Å². The number of hydrogen-bond acceptors (Lipinski definition) is 5. The Morgan fingerprint density at radius 1 is 0.483 bits per heavy atom. The van der Waals surface area contributed by atoms with Gasteiger partial charge in [-0.25, -0.2) is 0 Å². The molecule has 346 valence electrons. The zero-order valence-corrected chi connectivity index (χ0v) is 39.3. The number of rotatable bonds is 44. The normalized spacial score (nSPS) is 13.9. The van der Waals surface area contributed by atoms with E-state index in [4.69, 9.17) is 4.74 Å². The Labute approximate surface area is 371 Å². The van der Waals surface area contributed by atoms with E-state index in [1.54, 1.807) is 0 Å². The molecule has 60 heavy (non-hydrogen) atoms. The number of hydrogen-bond donors (Lipinski definition) is 3. The van der Waals surface area contributed by atoms with E-state index < -0.39 is 18.2 Å². The topological polar surface area (TPSA) is 95.9 Å². The van der Waals surface area contributed by atoms with E-state index in [2.05, 4.69) is 62.5 Å². The second kappa shape index (κ2) is 47.4. The molecule has 0 aliphatic heterocycles. The number of unbranched alkanes of at least 4 members (excludes halogenated alkanes) is 24. The molecule has 0 aliphatic rings. The molecule has 0 aromatic carbocycles. The maximum atomic E-state index is 13.2. The molecule has 0 bridgehead atoms. The fourth-order valence-corrected chi connectivity index (χ4v) is 7.28. The van der Waals surface area contributed by atoms with Gasteiger partial charge >= 0.3 is 5.97 Å². The molecule has 3 unspecified atom stereocenters. The highest BCUT2D eigenvalue weighted by Gasteiger charge is 2.24. The Kier molecular flexibility index (Phi) is 45.2. The molecule has 6 nitrogen and oxygen atoms in total. The van der Waals surface area contributed by atoms with E-state index in [-0.39, 0.29) is 24.9 Å². The minimum absolute atomic E-state index is 0.0437. The SMILES string of the molecule is CCC/C=C/C=C/C=C/C=C/C=C/CCCCCC(CC(=O)NC(CO)C(O)CCCCCCCCCCCCCCC)OC(=O)CCCCCCC/C=C\CCCCC. The summed E-state index contributed by atoms with van der Waals surface area (Å²) in [6, 6.07) is -0.719. The number of esters is 1. The maximum absolute atomic E-state index is 13.2. The van der Waals surface area contributed by atoms with Crippen LogP contribution in [0.15, 0.2) is 72.9 Å². The van der Waals surface area contributed by atoms with E-state index in [1.807, 2.05) is 36.5 Å². The number of carbonyl (C=O) groups excluding carboxylic acids is 2. The van der Waals surface area contributed by atoms with Crippen LogP contribution < -0.4 is 5.32 Å². The Hall–Kier alpha value is -2.70. The lowest BCUT2D eigenvalue weighted by atomic mass is 10.0. The molecule has 0 heterocycles. The van der Waals surface area contributed by atoms with Gasteiger partial charge in [-0.1, -0.05) is 222 Å². The van der Waals surface area contributed by atoms with Crippen molar-refractivity contribution < 1.29 is 24.5 Å². The Bertz CT molecular complexity index is 1120. The second-order valence-electron chi connectivity index (χ2n) is 17.0. The first-order valence-electron chi connectivity index (χ1n) is 25.2. The summed E-state index contributed by atoms with van der Waals surface area (Å²) >= 11 is 0. The number of carbonyl (C=O) groups is 2. The van der Waals surface area contributed by atoms with Crippen LogP contribution in [0.3, 0.4) is 0 Å². The van der Waals surface area contributed by atoms with Gasteiger partial charge in [-0.15, -0.1) is 0 Å². The van der Waals surface area contributed by atoms with Gasteiger partial charge in [0.05, 0.1) is 25.2 Å². The van der Waals surface area contributed by atoms with Crippen LogP contribution in [0.4, 0.5) is 0 Å². The van der Waals surface area contributed by atoms with E-state index in [0.717, 1.165) is 77.0 Å². The number of ether oxygens (including phenoxy) is 1. The summed E-state index contributed by atoms with van der Waals surface area (Å²) in [7, 11) is 0. The molecule has 0 saturated carbocycles. The van der Waals surface area contributed by atoms with Crippen LogP contribution in [-0.4, -0.2) is 46.9 Å². The summed E-state index contributed by atoms with van der Waals surface area (Å²) in [4.78, 5) is 26.1. The molecule has 1 amide bonds. The minimum Gasteiger partial charge on any atom is -0.462 e. The minimum atomic E-state index is -0.803. The predicted molar refractivity (Wildman–Crippen MR) is 259 cm³/mol. The number of nitrogens with one attached hydrogen (secondary N) is 1. The van der Waals surface area contributed by atoms with Crippen LogP contribution in [0.1, 0.15) is 233 Å². The standard InChI is InChI=1S/C54H95NO5/c1-4-7-10-13-16-19-22-25-26-27-29-30-33-36-39-42-45-50(60-54(59)47-44-41-38-35-32-24-21-18-15-12-9-6-3)48-53(58)55-51(49-56)52(57)46-43-40-37-34-31-28-23-20-17-14-11-8-5-2/h10,13,16,18-19,21-22,25-27,29-30,50-52,56-57H,4-9,11-12,14-15,17,20,23-24,28,31-49H2,1-3H3,(H,55,58)/b13-10+,19-16+,21-18-,25-22+,27-26+,30-29+. The van der Waals surface area contributed by atoms with Gasteiger partial charge in [-0.2, -0.15) is 0 Å². The summed E-state index contributed by atoms with van der Waals surface area (Å²) < 4.78 is 5.90. The van der Waals surface area contributed by atoms with Crippen molar-refractivity contribution >= 4 is 11.9 Å². The van der Waals surface area contributed by atoms with Crippen LogP contribution in [0.5, 0.6) is 0 Å². The van der Waals surface area contributed by atoms with Crippen molar-refractivity contribution in [1.29, 1.82) is 0 Å². The Balaban J connectivity index is 4.71. The molecule has 0 aliphatic carbocycles. The van der Waals surface area contributed by atoms with Crippen LogP contribution in [0.25, 0.3) is 0 Å². The highest BCUT2D eigenvalue weighted by Crippen LogP contribution is 2.17. The van der Waals surface area contributed by atoms with E-state index in [1.165, 1.54) is 109 Å². The van der Waals surface area contributed by atoms with Gasteiger partial charge < -0.3 is 20.3 Å². The third-order valence-electron chi connectivity index (χ3n) is 11.1. The number of amides is 1. The summed E-state index contributed by atoms with van der Waals surface area (Å²) in [6.07, 6.45) is 59.5. The third-order valence-corrected chi connectivity index (χ3v) is 11.1. The van der Waals surface area contributed by atoms with Gasteiger partial charge in [-0.3, -0.25) is 9.59 Å². The zero-order valence-electron chi connectivity index (χ0n) is 39.3. The highest BCUT2D eigenvalue weighted by atomic mass is 16.5. The molecule has 0 radical (unpaired) electrons. The van der Waals surface area contributed by atoms with Gasteiger partial charge in [0.15, 0.2) is 0 Å². The first-order valence-corrected chi connectivity index (χ1v) is 25.2. The van der Waals surface area contributed by atoms with Gasteiger partial charge in [-0.05, 0) is 70.6 Å². The monoisotopic (exact) mass is 838 g/mol. The number of aliphatic hydroxyl groups is 2. The predicted octanol–water partition coefficient (Wildman–Crippen LogP) is 15.0. The lowest BCUT2D eigenvalue weighted by Gasteiger charge is -2.24. The molecule has 3 N–H and O–H groups in total. The summed E-state index contributed by atoms with van der Waals surface area (Å²) in [5.74, 6) is -0.529. The second-order valence-corrected chi connectivity index (χ2v) is 17.0. The molecule has 0 saturated heterocycles. The van der Waals surface area contributed by atoms with Gasteiger partial charge in [0.25, 0.3) is 0 Å². The van der Waals surface area contributed by atoms with Crippen LogP contribution in [0, 0.1) is 0 Å². The average Bonchev–Trinajstić information content (AvgIpc) is 3.24. The maximum Gasteiger partial charge on any atom is 0.306 e. The average molecular weight is 838 g/mol. The summed E-state index contributed by atoms with van der Waals surface area (Å²) in [5.41, 5.74) is 0. The molecular formula is C54H95NO5. The van der Waals surface area contributed by atoms with E-state index in [0.29, 0.717) is 19.3 Å². The fourth-order valence-electron chi connectivity index (χ4n) is 7.28. The van der Waals surface area contributed by atoms with E-state index >= 15 is 0 Å². The van der Waals surface area contributed by atoms with Crippen LogP contribution >= 0.6 is 0 Å². The molecule has 0 fully saturated rings. The molecule has 0 spiro atoms. The first-order chi connectivity index (χ1) is 29.5. The van der Waals surface area contributed by atoms with Crippen molar-refractivity contribution in [3.8, 4) is 0 Å². The Morgan fingerprint density at radius 2 is 0.900 bits per heavy atom. The Morgan fingerprint density at radius 3 is 1.45 bits per heavy atom. The van der Waals surface area contributed by atoms with Gasteiger partial charge in [0, 0.05) is 6.42 Å². The number of aliphatic hydroxyl groups excluding tert-OH is 2. The zero-order chi connectivity index (χ0) is 43.8. The lowest BCUT2D eigenvalue weighted by Crippen LogP contribution is -2.46. The summed E-state index contributed by atoms with van der Waals surface area (Å²) in [5, 5.41) is 23.7. The molecule has 0 rings (SSSR count). The van der Waals surface area contributed by atoms with Crippen molar-refractivity contribution in [3.05, 3.63) is 72.9 Å². The van der Waals surface area contributed by atoms with Crippen LogP contribution in [-0.2, 0) is 14.3 Å². The quantitative estimate of drug-likeness (QED) is 0.0246. The molecule has 0 aromatic heterocycles. The van der Waals surface area contributed by atoms with Crippen molar-refractivity contribution in [2.75, 3.05) is 6.61 Å². The van der Waals surface area contributed by atoms with Crippen LogP contribution in [0.2, 0.25) is 0 Å². The van der Waals surface area contributed by atoms with Crippen molar-refractivity contribution in [3.63, 3.8) is 0 Å². The van der Waals surface area contributed by atoms with Gasteiger partial charge in [0.2, 0.25) is 5.91 Å². The molecule has 6 heteroatoms. The number of allylic oxidation sites excluding steroid dienone is 12. The smallest absolute Gasteiger partial charge is 0.306 e. The van der Waals surface area contributed by atoms with Crippen molar-refractivity contribution in [1.82, 2.24) is 5.32 Å². The summed E-state index contributed by atoms with van der Waals surface area (Å²) in [6.45, 7) is 6.35. The first kappa shape index (κ1) is 57.3. The third kappa shape index (κ3) is 42.0. The molecule has 0 aromatic rings. The highest BCUT2D eigenvalue weighted by molar-refractivity contribution is 5.77. The van der Waals surface area contributed by atoms with Gasteiger partial charge in [0.1, 0.15) is 6.10 Å². The van der Waals surface area contributed by atoms with E-state index in [9.17, 15) is 19.8 Å².